The van der Waals surface area contributed by atoms with Crippen LogP contribution in [0.15, 0.2) is 0 Å². The fraction of sp³-hybridized carbons (Fsp3) is 1.00. The molecule has 3 rings (SSSR count). The van der Waals surface area contributed by atoms with Crippen LogP contribution >= 0.6 is 0 Å². The van der Waals surface area contributed by atoms with E-state index in [0.29, 0.717) is 12.8 Å². The molecule has 3 aliphatic rings. The van der Waals surface area contributed by atoms with Crippen molar-refractivity contribution in [1.82, 2.24) is 5.32 Å². The molecule has 2 saturated heterocycles. The molecule has 13 atom stereocenters. The minimum absolute atomic E-state index is 0.200. The summed E-state index contributed by atoms with van der Waals surface area (Å²) in [6.45, 7) is 1.56. The van der Waals surface area contributed by atoms with Gasteiger partial charge in [0.25, 0.3) is 0 Å². The summed E-state index contributed by atoms with van der Waals surface area (Å²) in [4.78, 5) is 0. The van der Waals surface area contributed by atoms with Crippen molar-refractivity contribution in [2.24, 2.45) is 28.7 Å². The van der Waals surface area contributed by atoms with Gasteiger partial charge in [-0.05, 0) is 33.2 Å². The van der Waals surface area contributed by atoms with Crippen molar-refractivity contribution in [2.45, 2.75) is 105 Å². The Labute approximate surface area is 187 Å². The average molecular weight is 465 g/mol. The largest absolute Gasteiger partial charge is 0.388 e. The highest BCUT2D eigenvalue weighted by Gasteiger charge is 2.51. The van der Waals surface area contributed by atoms with Gasteiger partial charge in [-0.15, -0.1) is 0 Å². The molecular formula is C19H40N6O7. The maximum atomic E-state index is 11.0. The summed E-state index contributed by atoms with van der Waals surface area (Å²) in [7, 11) is 1.54. The maximum Gasteiger partial charge on any atom is 0.185 e. The number of hydrogen-bond donors (Lipinski definition) is 9. The SMILES string of the molecule is CN[C@@H]1C(O)[C@@H](O[C@@H]2C(O)C(O[C@H]3OC([C@@H](C)N)CCC3N)[C@@H](N)C[C@H]2N)OC[C@]1(N)O. The summed E-state index contributed by atoms with van der Waals surface area (Å²) in [5.41, 5.74) is 28.6. The molecule has 0 radical (unpaired) electrons. The van der Waals surface area contributed by atoms with E-state index in [1.807, 2.05) is 6.92 Å². The van der Waals surface area contributed by atoms with Gasteiger partial charge in [-0.2, -0.15) is 0 Å². The summed E-state index contributed by atoms with van der Waals surface area (Å²) in [5.74, 6) is 0. The monoisotopic (exact) mass is 464 g/mol. The van der Waals surface area contributed by atoms with Gasteiger partial charge in [-0.25, -0.2) is 0 Å². The number of likely N-dealkylation sites (N-methyl/N-ethyl adjacent to an activating group) is 1. The van der Waals surface area contributed by atoms with Crippen molar-refractivity contribution in [3.63, 3.8) is 0 Å². The molecule has 1 saturated carbocycles. The zero-order valence-electron chi connectivity index (χ0n) is 18.6. The van der Waals surface area contributed by atoms with Crippen LogP contribution in [0.4, 0.5) is 0 Å². The van der Waals surface area contributed by atoms with Crippen LogP contribution in [0.5, 0.6) is 0 Å². The molecule has 13 heteroatoms. The third-order valence-electron chi connectivity index (χ3n) is 6.62. The normalized spacial score (nSPS) is 51.4. The zero-order valence-corrected chi connectivity index (χ0v) is 18.6. The minimum atomic E-state index is -1.79. The van der Waals surface area contributed by atoms with Crippen molar-refractivity contribution in [3.8, 4) is 0 Å². The van der Waals surface area contributed by atoms with Gasteiger partial charge in [0.2, 0.25) is 0 Å². The number of nitrogens with two attached hydrogens (primary N) is 5. The molecule has 0 spiro atoms. The third-order valence-corrected chi connectivity index (χ3v) is 6.62. The van der Waals surface area contributed by atoms with Gasteiger partial charge in [0, 0.05) is 18.1 Å². The molecule has 3 fully saturated rings. The molecule has 0 amide bonds. The van der Waals surface area contributed by atoms with Gasteiger partial charge >= 0.3 is 0 Å². The number of nitrogens with one attached hydrogen (secondary N) is 1. The lowest BCUT2D eigenvalue weighted by Gasteiger charge is -2.48. The highest BCUT2D eigenvalue weighted by atomic mass is 16.7. The van der Waals surface area contributed by atoms with Crippen LogP contribution in [0.2, 0.25) is 0 Å². The van der Waals surface area contributed by atoms with E-state index >= 15 is 0 Å². The first-order chi connectivity index (χ1) is 15.0. The van der Waals surface area contributed by atoms with Crippen LogP contribution < -0.4 is 34.0 Å². The van der Waals surface area contributed by atoms with Gasteiger partial charge in [0.1, 0.15) is 24.4 Å². The van der Waals surface area contributed by atoms with Crippen molar-refractivity contribution in [1.29, 1.82) is 0 Å². The van der Waals surface area contributed by atoms with E-state index in [9.17, 15) is 15.3 Å². The smallest absolute Gasteiger partial charge is 0.185 e. The quantitative estimate of drug-likeness (QED) is 0.168. The molecule has 2 heterocycles. The molecule has 0 aromatic rings. The molecule has 2 aliphatic heterocycles. The summed E-state index contributed by atoms with van der Waals surface area (Å²) < 4.78 is 23.2. The lowest BCUT2D eigenvalue weighted by Crippen LogP contribution is -2.72. The van der Waals surface area contributed by atoms with Gasteiger partial charge in [-0.3, -0.25) is 0 Å². The van der Waals surface area contributed by atoms with Crippen molar-refractivity contribution < 1.29 is 34.3 Å². The van der Waals surface area contributed by atoms with Crippen LogP contribution in [0.3, 0.4) is 0 Å². The summed E-state index contributed by atoms with van der Waals surface area (Å²) in [5, 5.41) is 34.6. The molecule has 13 nitrogen and oxygen atoms in total. The number of ether oxygens (including phenoxy) is 4. The summed E-state index contributed by atoms with van der Waals surface area (Å²) >= 11 is 0. The standard InChI is InChI=1S/C19H40N6O7/c1-7(20)11-4-3-8(21)17(30-11)31-14-9(22)5-10(23)15(12(14)26)32-18-13(27)16(25-2)19(24,28)6-29-18/h7-18,25-28H,3-6,20-24H2,1-2H3/t7-,8?,9+,10-,11?,12?,13?,14?,15+,16-,17-,18-,19+/m1/s1. The molecule has 5 unspecified atom stereocenters. The highest BCUT2D eigenvalue weighted by Crippen LogP contribution is 2.31. The minimum Gasteiger partial charge on any atom is -0.388 e. The van der Waals surface area contributed by atoms with E-state index in [1.54, 1.807) is 7.05 Å². The van der Waals surface area contributed by atoms with E-state index < -0.39 is 66.9 Å². The Morgan fingerprint density at radius 1 is 1.00 bits per heavy atom. The first kappa shape index (κ1) is 26.1. The van der Waals surface area contributed by atoms with E-state index in [2.05, 4.69) is 5.32 Å². The van der Waals surface area contributed by atoms with E-state index in [-0.39, 0.29) is 25.2 Å². The van der Waals surface area contributed by atoms with Crippen LogP contribution in [-0.2, 0) is 18.9 Å². The Bertz CT molecular complexity index is 617. The molecule has 32 heavy (non-hydrogen) atoms. The highest BCUT2D eigenvalue weighted by molar-refractivity contribution is 5.01. The Hall–Kier alpha value is -0.520. The number of aliphatic hydroxyl groups excluding tert-OH is 2. The second-order valence-electron chi connectivity index (χ2n) is 9.33. The Morgan fingerprint density at radius 3 is 2.16 bits per heavy atom. The zero-order chi connectivity index (χ0) is 23.8. The first-order valence-corrected chi connectivity index (χ1v) is 11.1. The molecule has 1 aliphatic carbocycles. The predicted molar refractivity (Wildman–Crippen MR) is 114 cm³/mol. The topological polar surface area (TPSA) is 240 Å². The maximum absolute atomic E-state index is 11.0. The van der Waals surface area contributed by atoms with E-state index in [1.165, 1.54) is 0 Å². The summed E-state index contributed by atoms with van der Waals surface area (Å²) in [6.07, 6.45) is -4.96. The first-order valence-electron chi connectivity index (χ1n) is 11.1. The molecule has 0 aromatic heterocycles. The van der Waals surface area contributed by atoms with Crippen LogP contribution in [0.25, 0.3) is 0 Å². The lowest BCUT2D eigenvalue weighted by atomic mass is 9.84. The number of hydrogen-bond acceptors (Lipinski definition) is 13. The van der Waals surface area contributed by atoms with Crippen LogP contribution in [-0.4, -0.2) is 108 Å². The van der Waals surface area contributed by atoms with Gasteiger partial charge in [0.15, 0.2) is 18.3 Å². The number of aliphatic hydroxyl groups is 3. The molecule has 14 N–H and O–H groups in total. The Balaban J connectivity index is 1.69. The van der Waals surface area contributed by atoms with Gasteiger partial charge in [0.05, 0.1) is 24.8 Å². The van der Waals surface area contributed by atoms with Crippen molar-refractivity contribution in [3.05, 3.63) is 0 Å². The Kier molecular flexibility index (Phi) is 8.48. The van der Waals surface area contributed by atoms with E-state index in [0.717, 1.165) is 0 Å². The molecule has 0 bridgehead atoms. The average Bonchev–Trinajstić information content (AvgIpc) is 2.71. The van der Waals surface area contributed by atoms with Crippen LogP contribution in [0, 0.1) is 0 Å². The predicted octanol–water partition coefficient (Wildman–Crippen LogP) is -4.69. The molecular weight excluding hydrogens is 424 g/mol. The van der Waals surface area contributed by atoms with Gasteiger partial charge in [-0.1, -0.05) is 0 Å². The fourth-order valence-corrected chi connectivity index (χ4v) is 4.70. The molecule has 0 aromatic carbocycles. The number of rotatable bonds is 6. The lowest BCUT2D eigenvalue weighted by molar-refractivity contribution is -0.308. The summed E-state index contributed by atoms with van der Waals surface area (Å²) in [6, 6.07) is -2.77. The van der Waals surface area contributed by atoms with E-state index in [4.69, 9.17) is 47.6 Å². The molecule has 188 valence electrons. The van der Waals surface area contributed by atoms with Crippen molar-refractivity contribution in [2.75, 3.05) is 13.7 Å². The fourth-order valence-electron chi connectivity index (χ4n) is 4.70. The van der Waals surface area contributed by atoms with Gasteiger partial charge < -0.3 is 68.3 Å². The third kappa shape index (κ3) is 5.41. The second-order valence-corrected chi connectivity index (χ2v) is 9.33. The Morgan fingerprint density at radius 2 is 1.59 bits per heavy atom. The van der Waals surface area contributed by atoms with Crippen molar-refractivity contribution >= 4 is 0 Å². The second kappa shape index (κ2) is 10.4. The van der Waals surface area contributed by atoms with Crippen LogP contribution in [0.1, 0.15) is 26.2 Å².